The first kappa shape index (κ1) is 14.7. The molecule has 0 atom stereocenters. The lowest BCUT2D eigenvalue weighted by Gasteiger charge is -2.22. The molecule has 2 aromatic rings. The van der Waals surface area contributed by atoms with Crippen LogP contribution < -0.4 is 4.90 Å². The molecule has 7 heteroatoms. The maximum atomic E-state index is 12.1. The van der Waals surface area contributed by atoms with Gasteiger partial charge in [-0.25, -0.2) is 9.78 Å². The van der Waals surface area contributed by atoms with E-state index in [9.17, 15) is 4.79 Å². The zero-order valence-corrected chi connectivity index (χ0v) is 13.0. The molecule has 118 valence electrons. The fraction of sp³-hybridized carbons (Fsp3) is 0.600. The Morgan fingerprint density at radius 1 is 1.23 bits per heavy atom. The van der Waals surface area contributed by atoms with Gasteiger partial charge in [-0.1, -0.05) is 18.0 Å². The Kier molecular flexibility index (Phi) is 4.22. The van der Waals surface area contributed by atoms with Gasteiger partial charge in [-0.05, 0) is 26.7 Å². The van der Waals surface area contributed by atoms with Gasteiger partial charge in [0.25, 0.3) is 5.71 Å². The molecule has 22 heavy (non-hydrogen) atoms. The summed E-state index contributed by atoms with van der Waals surface area (Å²) in [4.78, 5) is 23.1. The maximum absolute atomic E-state index is 12.1. The highest BCUT2D eigenvalue weighted by molar-refractivity contribution is 6.04. The van der Waals surface area contributed by atoms with E-state index in [0.29, 0.717) is 23.5 Å². The van der Waals surface area contributed by atoms with E-state index in [4.69, 9.17) is 9.26 Å². The SMILES string of the molecule is CCOC(=O)c1noc2nc(C)nc(N3CCCCCC3)c12. The van der Waals surface area contributed by atoms with Gasteiger partial charge in [0.05, 0.1) is 6.61 Å². The molecule has 1 saturated heterocycles. The van der Waals surface area contributed by atoms with Crippen molar-refractivity contribution < 1.29 is 14.1 Å². The van der Waals surface area contributed by atoms with Crippen molar-refractivity contribution in [2.45, 2.75) is 39.5 Å². The first-order chi connectivity index (χ1) is 10.7. The molecule has 2 aromatic heterocycles. The van der Waals surface area contributed by atoms with Gasteiger partial charge in [0, 0.05) is 13.1 Å². The van der Waals surface area contributed by atoms with E-state index in [1.807, 2.05) is 6.92 Å². The molecule has 0 N–H and O–H groups in total. The summed E-state index contributed by atoms with van der Waals surface area (Å²) in [6, 6.07) is 0. The highest BCUT2D eigenvalue weighted by Gasteiger charge is 2.26. The minimum absolute atomic E-state index is 0.163. The number of carbonyl (C=O) groups is 1. The number of fused-ring (bicyclic) bond motifs is 1. The molecule has 1 aliphatic rings. The second-order valence-electron chi connectivity index (χ2n) is 5.43. The van der Waals surface area contributed by atoms with Crippen LogP contribution in [-0.2, 0) is 4.74 Å². The van der Waals surface area contributed by atoms with Crippen LogP contribution >= 0.6 is 0 Å². The summed E-state index contributed by atoms with van der Waals surface area (Å²) in [6.07, 6.45) is 4.67. The van der Waals surface area contributed by atoms with Gasteiger partial charge in [-0.3, -0.25) is 0 Å². The van der Waals surface area contributed by atoms with Crippen molar-refractivity contribution in [3.8, 4) is 0 Å². The Labute approximate surface area is 128 Å². The third kappa shape index (κ3) is 2.75. The fourth-order valence-electron chi connectivity index (χ4n) is 2.79. The Morgan fingerprint density at radius 3 is 2.64 bits per heavy atom. The quantitative estimate of drug-likeness (QED) is 0.806. The lowest BCUT2D eigenvalue weighted by molar-refractivity contribution is 0.0517. The van der Waals surface area contributed by atoms with E-state index in [2.05, 4.69) is 20.0 Å². The smallest absolute Gasteiger partial charge is 0.361 e. The molecule has 3 heterocycles. The van der Waals surface area contributed by atoms with Crippen molar-refractivity contribution >= 4 is 22.9 Å². The number of aryl methyl sites for hydroxylation is 1. The van der Waals surface area contributed by atoms with Crippen molar-refractivity contribution in [1.29, 1.82) is 0 Å². The molecule has 0 aromatic carbocycles. The number of rotatable bonds is 3. The van der Waals surface area contributed by atoms with Crippen LogP contribution in [0.1, 0.15) is 48.9 Å². The standard InChI is InChI=1S/C15H20N4O3/c1-3-21-15(20)12-11-13(19-8-6-4-5-7-9-19)16-10(2)17-14(11)22-18-12/h3-9H2,1-2H3. The van der Waals surface area contributed by atoms with E-state index >= 15 is 0 Å². The molecule has 7 nitrogen and oxygen atoms in total. The summed E-state index contributed by atoms with van der Waals surface area (Å²) < 4.78 is 10.3. The van der Waals surface area contributed by atoms with Crippen LogP contribution in [0.5, 0.6) is 0 Å². The number of hydrogen-bond donors (Lipinski definition) is 0. The van der Waals surface area contributed by atoms with Crippen molar-refractivity contribution in [3.63, 3.8) is 0 Å². The molecule has 1 aliphatic heterocycles. The van der Waals surface area contributed by atoms with Crippen LogP contribution in [0.3, 0.4) is 0 Å². The lowest BCUT2D eigenvalue weighted by Crippen LogP contribution is -2.26. The summed E-state index contributed by atoms with van der Waals surface area (Å²) in [6.45, 7) is 5.70. The third-order valence-corrected chi connectivity index (χ3v) is 3.80. The number of hydrogen-bond acceptors (Lipinski definition) is 7. The fourth-order valence-corrected chi connectivity index (χ4v) is 2.79. The van der Waals surface area contributed by atoms with Crippen molar-refractivity contribution in [1.82, 2.24) is 15.1 Å². The Balaban J connectivity index is 2.10. The van der Waals surface area contributed by atoms with Gasteiger partial charge in [-0.15, -0.1) is 0 Å². The molecule has 0 saturated carbocycles. The molecule has 0 amide bonds. The Hall–Kier alpha value is -2.18. The topological polar surface area (TPSA) is 81.3 Å². The summed E-state index contributed by atoms with van der Waals surface area (Å²) >= 11 is 0. The summed E-state index contributed by atoms with van der Waals surface area (Å²) in [7, 11) is 0. The van der Waals surface area contributed by atoms with Crippen LogP contribution in [0, 0.1) is 6.92 Å². The van der Waals surface area contributed by atoms with E-state index in [1.54, 1.807) is 6.92 Å². The minimum Gasteiger partial charge on any atom is -0.461 e. The Morgan fingerprint density at radius 2 is 1.95 bits per heavy atom. The zero-order chi connectivity index (χ0) is 15.5. The van der Waals surface area contributed by atoms with E-state index < -0.39 is 5.97 Å². The molecule has 1 fully saturated rings. The van der Waals surface area contributed by atoms with E-state index in [1.165, 1.54) is 12.8 Å². The van der Waals surface area contributed by atoms with Gasteiger partial charge < -0.3 is 14.2 Å². The maximum Gasteiger partial charge on any atom is 0.361 e. The summed E-state index contributed by atoms with van der Waals surface area (Å²) in [5.41, 5.74) is 0.505. The highest BCUT2D eigenvalue weighted by atomic mass is 16.5. The second kappa shape index (κ2) is 6.29. The first-order valence-corrected chi connectivity index (χ1v) is 7.76. The molecule has 0 aliphatic carbocycles. The number of aromatic nitrogens is 3. The van der Waals surface area contributed by atoms with Crippen molar-refractivity contribution in [2.75, 3.05) is 24.6 Å². The number of carbonyl (C=O) groups excluding carboxylic acids is 1. The average Bonchev–Trinajstić information content (AvgIpc) is 2.74. The normalized spacial score (nSPS) is 15.8. The van der Waals surface area contributed by atoms with Crippen LogP contribution in [0.25, 0.3) is 11.1 Å². The van der Waals surface area contributed by atoms with Gasteiger partial charge in [0.1, 0.15) is 17.0 Å². The van der Waals surface area contributed by atoms with Crippen LogP contribution in [-0.4, -0.2) is 40.8 Å². The van der Waals surface area contributed by atoms with Gasteiger partial charge in [0.2, 0.25) is 5.69 Å². The van der Waals surface area contributed by atoms with Crippen molar-refractivity contribution in [3.05, 3.63) is 11.5 Å². The summed E-state index contributed by atoms with van der Waals surface area (Å²) in [5, 5.41) is 4.42. The van der Waals surface area contributed by atoms with Gasteiger partial charge >= 0.3 is 5.97 Å². The number of esters is 1. The zero-order valence-electron chi connectivity index (χ0n) is 13.0. The third-order valence-electron chi connectivity index (χ3n) is 3.80. The minimum atomic E-state index is -0.496. The molecular weight excluding hydrogens is 284 g/mol. The predicted molar refractivity (Wildman–Crippen MR) is 81.0 cm³/mol. The second-order valence-corrected chi connectivity index (χ2v) is 5.43. The lowest BCUT2D eigenvalue weighted by atomic mass is 10.2. The predicted octanol–water partition coefficient (Wildman–Crippen LogP) is 2.48. The molecule has 0 unspecified atom stereocenters. The van der Waals surface area contributed by atoms with Crippen LogP contribution in [0.2, 0.25) is 0 Å². The Bertz CT molecular complexity index is 675. The molecule has 0 radical (unpaired) electrons. The summed E-state index contributed by atoms with van der Waals surface area (Å²) in [5.74, 6) is 0.844. The molecule has 3 rings (SSSR count). The number of nitrogens with zero attached hydrogens (tertiary/aromatic N) is 4. The van der Waals surface area contributed by atoms with Crippen LogP contribution in [0.15, 0.2) is 4.52 Å². The first-order valence-electron chi connectivity index (χ1n) is 7.76. The van der Waals surface area contributed by atoms with Crippen molar-refractivity contribution in [2.24, 2.45) is 0 Å². The van der Waals surface area contributed by atoms with E-state index in [0.717, 1.165) is 31.7 Å². The average molecular weight is 304 g/mol. The molecule has 0 spiro atoms. The van der Waals surface area contributed by atoms with Gasteiger partial charge in [-0.2, -0.15) is 4.98 Å². The monoisotopic (exact) mass is 304 g/mol. The number of ether oxygens (including phenoxy) is 1. The van der Waals surface area contributed by atoms with E-state index in [-0.39, 0.29) is 5.69 Å². The highest BCUT2D eigenvalue weighted by Crippen LogP contribution is 2.29. The molecular formula is C15H20N4O3. The largest absolute Gasteiger partial charge is 0.461 e. The molecule has 0 bridgehead atoms. The van der Waals surface area contributed by atoms with Crippen LogP contribution in [0.4, 0.5) is 5.82 Å². The van der Waals surface area contributed by atoms with Gasteiger partial charge in [0.15, 0.2) is 0 Å². The number of anilines is 1.